The number of likely N-dealkylation sites (tertiary alicyclic amines) is 1. The van der Waals surface area contributed by atoms with Crippen LogP contribution in [0.25, 0.3) is 0 Å². The Kier molecular flexibility index (Phi) is 5.32. The topological polar surface area (TPSA) is 83.3 Å². The summed E-state index contributed by atoms with van der Waals surface area (Å²) in [6.45, 7) is 4.46. The second-order valence-corrected chi connectivity index (χ2v) is 5.36. The lowest BCUT2D eigenvalue weighted by Crippen LogP contribution is -2.40. The van der Waals surface area contributed by atoms with Crippen LogP contribution < -0.4 is 10.6 Å². The van der Waals surface area contributed by atoms with E-state index in [4.69, 9.17) is 0 Å². The smallest absolute Gasteiger partial charge is 0.311 e. The van der Waals surface area contributed by atoms with E-state index in [0.29, 0.717) is 24.2 Å². The summed E-state index contributed by atoms with van der Waals surface area (Å²) in [7, 11) is 2.10. The molecule has 0 saturated carbocycles. The van der Waals surface area contributed by atoms with Gasteiger partial charge in [-0.15, -0.1) is 0 Å². The van der Waals surface area contributed by atoms with Crippen LogP contribution in [0, 0.1) is 10.1 Å². The van der Waals surface area contributed by atoms with Gasteiger partial charge in [0.15, 0.2) is 0 Å². The van der Waals surface area contributed by atoms with Crippen LogP contribution in [0.15, 0.2) is 12.1 Å². The third-order valence-corrected chi connectivity index (χ3v) is 3.86. The standard InChI is InChI=1S/C14H23N5O2/c1-3-15-13-8-7-12(19(20)21)14(17-13)16-10-11-6-4-5-9-18(11)2/h7-8,11H,3-6,9-10H2,1-2H3,(H2,15,16,17). The van der Waals surface area contributed by atoms with E-state index in [0.717, 1.165) is 19.5 Å². The fourth-order valence-corrected chi connectivity index (χ4v) is 2.63. The predicted octanol–water partition coefficient (Wildman–Crippen LogP) is 2.32. The zero-order valence-corrected chi connectivity index (χ0v) is 12.6. The van der Waals surface area contributed by atoms with Crippen LogP contribution in [0.5, 0.6) is 0 Å². The van der Waals surface area contributed by atoms with Crippen molar-refractivity contribution >= 4 is 17.3 Å². The highest BCUT2D eigenvalue weighted by Gasteiger charge is 2.21. The molecule has 0 radical (unpaired) electrons. The van der Waals surface area contributed by atoms with E-state index in [1.807, 2.05) is 6.92 Å². The molecule has 116 valence electrons. The highest BCUT2D eigenvalue weighted by atomic mass is 16.6. The first-order valence-electron chi connectivity index (χ1n) is 7.45. The normalized spacial score (nSPS) is 19.2. The van der Waals surface area contributed by atoms with Crippen molar-refractivity contribution in [1.82, 2.24) is 9.88 Å². The lowest BCUT2D eigenvalue weighted by Gasteiger charge is -2.32. The van der Waals surface area contributed by atoms with Crippen molar-refractivity contribution in [1.29, 1.82) is 0 Å². The molecule has 1 fully saturated rings. The Morgan fingerprint density at radius 2 is 2.24 bits per heavy atom. The van der Waals surface area contributed by atoms with Gasteiger partial charge in [-0.25, -0.2) is 4.98 Å². The number of rotatable bonds is 6. The summed E-state index contributed by atoms with van der Waals surface area (Å²) in [6.07, 6.45) is 3.55. The van der Waals surface area contributed by atoms with E-state index in [1.165, 1.54) is 18.9 Å². The molecule has 0 amide bonds. The van der Waals surface area contributed by atoms with Crippen molar-refractivity contribution in [3.8, 4) is 0 Å². The Morgan fingerprint density at radius 3 is 2.90 bits per heavy atom. The molecule has 1 saturated heterocycles. The molecule has 1 atom stereocenters. The molecule has 2 heterocycles. The van der Waals surface area contributed by atoms with Crippen LogP contribution in [0.2, 0.25) is 0 Å². The molecular formula is C14H23N5O2. The Bertz CT molecular complexity index is 494. The molecule has 2 rings (SSSR count). The number of nitrogens with one attached hydrogen (secondary N) is 2. The van der Waals surface area contributed by atoms with Crippen molar-refractivity contribution in [3.63, 3.8) is 0 Å². The molecule has 1 aromatic rings. The first kappa shape index (κ1) is 15.5. The number of hydrogen-bond donors (Lipinski definition) is 2. The van der Waals surface area contributed by atoms with Crippen LogP contribution in [-0.4, -0.2) is 47.5 Å². The van der Waals surface area contributed by atoms with Gasteiger partial charge in [-0.1, -0.05) is 6.42 Å². The molecule has 0 bridgehead atoms. The molecule has 0 aromatic carbocycles. The van der Waals surface area contributed by atoms with Gasteiger partial charge >= 0.3 is 5.69 Å². The number of aromatic nitrogens is 1. The molecule has 1 aromatic heterocycles. The third-order valence-electron chi connectivity index (χ3n) is 3.86. The van der Waals surface area contributed by atoms with Gasteiger partial charge in [0.25, 0.3) is 0 Å². The second-order valence-electron chi connectivity index (χ2n) is 5.36. The summed E-state index contributed by atoms with van der Waals surface area (Å²) in [6, 6.07) is 3.54. The lowest BCUT2D eigenvalue weighted by molar-refractivity contribution is -0.384. The molecule has 1 aliphatic heterocycles. The average molecular weight is 293 g/mol. The number of pyridine rings is 1. The minimum absolute atomic E-state index is 0.0233. The van der Waals surface area contributed by atoms with Crippen molar-refractivity contribution in [2.45, 2.75) is 32.2 Å². The van der Waals surface area contributed by atoms with E-state index < -0.39 is 4.92 Å². The summed E-state index contributed by atoms with van der Waals surface area (Å²) < 4.78 is 0. The maximum atomic E-state index is 11.1. The van der Waals surface area contributed by atoms with E-state index >= 15 is 0 Å². The monoisotopic (exact) mass is 293 g/mol. The van der Waals surface area contributed by atoms with Gasteiger partial charge in [0.1, 0.15) is 5.82 Å². The van der Waals surface area contributed by atoms with Crippen LogP contribution >= 0.6 is 0 Å². The Labute approximate surface area is 124 Å². The number of nitrogens with zero attached hydrogens (tertiary/aromatic N) is 3. The molecule has 2 N–H and O–H groups in total. The summed E-state index contributed by atoms with van der Waals surface area (Å²) in [4.78, 5) is 17.3. The Balaban J connectivity index is 2.09. The fraction of sp³-hybridized carbons (Fsp3) is 0.643. The molecular weight excluding hydrogens is 270 g/mol. The molecule has 0 spiro atoms. The number of hydrogen-bond acceptors (Lipinski definition) is 6. The zero-order chi connectivity index (χ0) is 15.2. The number of likely N-dealkylation sites (N-methyl/N-ethyl adjacent to an activating group) is 1. The summed E-state index contributed by atoms with van der Waals surface area (Å²) in [5.74, 6) is 1.00. The highest BCUT2D eigenvalue weighted by Crippen LogP contribution is 2.25. The molecule has 7 heteroatoms. The molecule has 0 aliphatic carbocycles. The van der Waals surface area contributed by atoms with Gasteiger partial charge in [0.05, 0.1) is 4.92 Å². The molecule has 1 unspecified atom stereocenters. The summed E-state index contributed by atoms with van der Waals surface area (Å²) in [5, 5.41) is 17.3. The third kappa shape index (κ3) is 4.04. The van der Waals surface area contributed by atoms with Crippen LogP contribution in [0.1, 0.15) is 26.2 Å². The Morgan fingerprint density at radius 1 is 1.43 bits per heavy atom. The van der Waals surface area contributed by atoms with Crippen molar-refractivity contribution in [3.05, 3.63) is 22.2 Å². The first-order chi connectivity index (χ1) is 10.1. The largest absolute Gasteiger partial charge is 0.370 e. The molecule has 7 nitrogen and oxygen atoms in total. The van der Waals surface area contributed by atoms with E-state index in [9.17, 15) is 10.1 Å². The number of piperidine rings is 1. The van der Waals surface area contributed by atoms with Crippen molar-refractivity contribution < 1.29 is 4.92 Å². The van der Waals surface area contributed by atoms with Crippen molar-refractivity contribution in [2.24, 2.45) is 0 Å². The summed E-state index contributed by atoms with van der Waals surface area (Å²) in [5.41, 5.74) is 0.0233. The minimum Gasteiger partial charge on any atom is -0.370 e. The lowest BCUT2D eigenvalue weighted by atomic mass is 10.0. The predicted molar refractivity (Wildman–Crippen MR) is 83.8 cm³/mol. The zero-order valence-electron chi connectivity index (χ0n) is 12.6. The average Bonchev–Trinajstić information content (AvgIpc) is 2.46. The van der Waals surface area contributed by atoms with Gasteiger partial charge in [-0.05, 0) is 39.4 Å². The summed E-state index contributed by atoms with van der Waals surface area (Å²) >= 11 is 0. The quantitative estimate of drug-likeness (QED) is 0.618. The van der Waals surface area contributed by atoms with Crippen LogP contribution in [0.3, 0.4) is 0 Å². The SMILES string of the molecule is CCNc1ccc([N+](=O)[O-])c(NCC2CCCCN2C)n1. The maximum Gasteiger partial charge on any atom is 0.311 e. The second kappa shape index (κ2) is 7.21. The first-order valence-corrected chi connectivity index (χ1v) is 7.45. The van der Waals surface area contributed by atoms with E-state index in [-0.39, 0.29) is 5.69 Å². The van der Waals surface area contributed by atoms with Crippen LogP contribution in [0.4, 0.5) is 17.3 Å². The van der Waals surface area contributed by atoms with E-state index in [2.05, 4.69) is 27.6 Å². The van der Waals surface area contributed by atoms with E-state index in [1.54, 1.807) is 6.07 Å². The van der Waals surface area contributed by atoms with Gasteiger partial charge in [0, 0.05) is 25.2 Å². The number of anilines is 2. The Hall–Kier alpha value is -1.89. The number of nitro groups is 1. The highest BCUT2D eigenvalue weighted by molar-refractivity contribution is 5.60. The minimum atomic E-state index is -0.393. The maximum absolute atomic E-state index is 11.1. The molecule has 21 heavy (non-hydrogen) atoms. The van der Waals surface area contributed by atoms with Crippen molar-refractivity contribution in [2.75, 3.05) is 37.3 Å². The van der Waals surface area contributed by atoms with Gasteiger partial charge in [-0.3, -0.25) is 10.1 Å². The fourth-order valence-electron chi connectivity index (χ4n) is 2.63. The van der Waals surface area contributed by atoms with Gasteiger partial charge in [-0.2, -0.15) is 0 Å². The van der Waals surface area contributed by atoms with Gasteiger partial charge < -0.3 is 15.5 Å². The van der Waals surface area contributed by atoms with Crippen LogP contribution in [-0.2, 0) is 0 Å². The van der Waals surface area contributed by atoms with Gasteiger partial charge in [0.2, 0.25) is 5.82 Å². The molecule has 1 aliphatic rings.